The van der Waals surface area contributed by atoms with Gasteiger partial charge in [-0.1, -0.05) is 28.9 Å². The van der Waals surface area contributed by atoms with Crippen LogP contribution < -0.4 is 5.32 Å². The van der Waals surface area contributed by atoms with Crippen LogP contribution >= 0.6 is 11.6 Å². The van der Waals surface area contributed by atoms with E-state index in [0.29, 0.717) is 28.7 Å². The first-order chi connectivity index (χ1) is 8.75. The van der Waals surface area contributed by atoms with Crippen LogP contribution in [-0.4, -0.2) is 22.7 Å². The lowest BCUT2D eigenvalue weighted by Gasteiger charge is -2.08. The van der Waals surface area contributed by atoms with Crippen LogP contribution in [0.3, 0.4) is 0 Å². The summed E-state index contributed by atoms with van der Waals surface area (Å²) in [5.74, 6) is 1.56. The zero-order valence-corrected chi connectivity index (χ0v) is 10.8. The molecule has 0 saturated carbocycles. The van der Waals surface area contributed by atoms with Crippen molar-refractivity contribution in [1.29, 1.82) is 0 Å². The molecule has 5 heteroatoms. The van der Waals surface area contributed by atoms with E-state index in [2.05, 4.69) is 22.4 Å². The summed E-state index contributed by atoms with van der Waals surface area (Å²) in [5, 5.41) is 8.04. The lowest BCUT2D eigenvalue weighted by Crippen LogP contribution is -2.21. The summed E-state index contributed by atoms with van der Waals surface area (Å²) >= 11 is 6.12. The molecule has 0 amide bonds. The minimum atomic E-state index is 0.300. The topological polar surface area (TPSA) is 51.0 Å². The van der Waals surface area contributed by atoms with E-state index < -0.39 is 0 Å². The van der Waals surface area contributed by atoms with E-state index in [0.717, 1.165) is 18.5 Å². The molecule has 94 valence electrons. The van der Waals surface area contributed by atoms with Crippen molar-refractivity contribution in [2.45, 2.75) is 25.3 Å². The number of halogens is 1. The maximum absolute atomic E-state index is 6.12. The molecule has 1 aromatic carbocycles. The van der Waals surface area contributed by atoms with Crippen molar-refractivity contribution in [3.63, 3.8) is 0 Å². The van der Waals surface area contributed by atoms with Crippen LogP contribution in [0.1, 0.15) is 25.2 Å². The fraction of sp³-hybridized carbons (Fsp3) is 0.385. The zero-order chi connectivity index (χ0) is 12.5. The van der Waals surface area contributed by atoms with Crippen LogP contribution in [0.4, 0.5) is 0 Å². The highest BCUT2D eigenvalue weighted by Crippen LogP contribution is 2.30. The fourth-order valence-corrected chi connectivity index (χ4v) is 2.55. The first kappa shape index (κ1) is 11.7. The van der Waals surface area contributed by atoms with E-state index >= 15 is 0 Å². The normalized spacial score (nSPS) is 23.4. The molecule has 0 radical (unpaired) electrons. The van der Waals surface area contributed by atoms with Crippen LogP contribution in [0.2, 0.25) is 5.02 Å². The average Bonchev–Trinajstić information content (AvgIpc) is 2.98. The van der Waals surface area contributed by atoms with Crippen LogP contribution in [0.25, 0.3) is 11.4 Å². The van der Waals surface area contributed by atoms with E-state index in [4.69, 9.17) is 16.1 Å². The van der Waals surface area contributed by atoms with E-state index in [1.165, 1.54) is 0 Å². The molecule has 1 N–H and O–H groups in total. The largest absolute Gasteiger partial charge is 0.339 e. The molecular weight excluding hydrogens is 250 g/mol. The smallest absolute Gasteiger partial charge is 0.231 e. The second-order valence-corrected chi connectivity index (χ2v) is 4.98. The molecule has 1 aromatic heterocycles. The number of rotatable bonds is 2. The lowest BCUT2D eigenvalue weighted by molar-refractivity contribution is 0.345. The molecule has 1 saturated heterocycles. The van der Waals surface area contributed by atoms with Gasteiger partial charge in [0.2, 0.25) is 11.7 Å². The summed E-state index contributed by atoms with van der Waals surface area (Å²) < 4.78 is 5.37. The standard InChI is InChI=1S/C13H14ClN3O/c1-8-9(6-7-15-8)13-16-12(17-18-13)10-4-2-3-5-11(10)14/h2-5,8-9,15H,6-7H2,1H3. The molecule has 1 fully saturated rings. The maximum atomic E-state index is 6.12. The Labute approximate surface area is 110 Å². The van der Waals surface area contributed by atoms with Crippen molar-refractivity contribution in [2.24, 2.45) is 0 Å². The summed E-state index contributed by atoms with van der Waals surface area (Å²) in [6.07, 6.45) is 1.03. The molecule has 2 aromatic rings. The number of nitrogens with zero attached hydrogens (tertiary/aromatic N) is 2. The van der Waals surface area contributed by atoms with E-state index in [1.807, 2.05) is 24.3 Å². The first-order valence-corrected chi connectivity index (χ1v) is 6.45. The molecule has 1 aliphatic heterocycles. The first-order valence-electron chi connectivity index (χ1n) is 6.07. The summed E-state index contributed by atoms with van der Waals surface area (Å²) in [6.45, 7) is 3.13. The van der Waals surface area contributed by atoms with Crippen LogP contribution in [0, 0.1) is 0 Å². The Morgan fingerprint density at radius 2 is 2.22 bits per heavy atom. The Morgan fingerprint density at radius 1 is 1.39 bits per heavy atom. The van der Waals surface area contributed by atoms with E-state index in [1.54, 1.807) is 0 Å². The van der Waals surface area contributed by atoms with Gasteiger partial charge in [0.1, 0.15) is 0 Å². The fourth-order valence-electron chi connectivity index (χ4n) is 2.33. The molecule has 0 spiro atoms. The Hall–Kier alpha value is -1.39. The molecule has 18 heavy (non-hydrogen) atoms. The van der Waals surface area contributed by atoms with Gasteiger partial charge >= 0.3 is 0 Å². The molecule has 4 nitrogen and oxygen atoms in total. The van der Waals surface area contributed by atoms with Gasteiger partial charge in [-0.15, -0.1) is 0 Å². The van der Waals surface area contributed by atoms with Gasteiger partial charge in [0.05, 0.1) is 10.9 Å². The molecule has 2 unspecified atom stereocenters. The molecule has 1 aliphatic rings. The van der Waals surface area contributed by atoms with Crippen molar-refractivity contribution < 1.29 is 4.52 Å². The third kappa shape index (κ3) is 2.02. The van der Waals surface area contributed by atoms with Gasteiger partial charge in [-0.05, 0) is 32.0 Å². The summed E-state index contributed by atoms with van der Waals surface area (Å²) in [7, 11) is 0. The van der Waals surface area contributed by atoms with Crippen molar-refractivity contribution in [2.75, 3.05) is 6.54 Å². The molecule has 0 bridgehead atoms. The second-order valence-electron chi connectivity index (χ2n) is 4.57. The van der Waals surface area contributed by atoms with Crippen molar-refractivity contribution in [1.82, 2.24) is 15.5 Å². The van der Waals surface area contributed by atoms with Gasteiger partial charge in [-0.3, -0.25) is 0 Å². The number of benzene rings is 1. The van der Waals surface area contributed by atoms with Crippen molar-refractivity contribution in [3.8, 4) is 11.4 Å². The minimum Gasteiger partial charge on any atom is -0.339 e. The lowest BCUT2D eigenvalue weighted by atomic mass is 10.0. The number of hydrogen-bond acceptors (Lipinski definition) is 4. The Balaban J connectivity index is 1.92. The predicted octanol–water partition coefficient (Wildman–Crippen LogP) is 2.86. The molecular formula is C13H14ClN3O. The van der Waals surface area contributed by atoms with Crippen molar-refractivity contribution >= 4 is 11.6 Å². The van der Waals surface area contributed by atoms with Crippen LogP contribution in [0.5, 0.6) is 0 Å². The van der Waals surface area contributed by atoms with Gasteiger partial charge in [-0.2, -0.15) is 4.98 Å². The SMILES string of the molecule is CC1NCCC1c1nc(-c2ccccc2Cl)no1. The number of aromatic nitrogens is 2. The molecule has 0 aliphatic carbocycles. The van der Waals surface area contributed by atoms with Gasteiger partial charge in [0.15, 0.2) is 0 Å². The predicted molar refractivity (Wildman–Crippen MR) is 69.6 cm³/mol. The number of nitrogens with one attached hydrogen (secondary N) is 1. The Bertz CT molecular complexity index is 555. The summed E-state index contributed by atoms with van der Waals surface area (Å²) in [4.78, 5) is 4.47. The minimum absolute atomic E-state index is 0.300. The highest BCUT2D eigenvalue weighted by molar-refractivity contribution is 6.33. The van der Waals surface area contributed by atoms with Gasteiger partial charge in [-0.25, -0.2) is 0 Å². The molecule has 2 heterocycles. The Morgan fingerprint density at radius 3 is 2.94 bits per heavy atom. The average molecular weight is 264 g/mol. The third-order valence-electron chi connectivity index (χ3n) is 3.40. The van der Waals surface area contributed by atoms with Gasteiger partial charge < -0.3 is 9.84 Å². The highest BCUT2D eigenvalue weighted by Gasteiger charge is 2.29. The van der Waals surface area contributed by atoms with Crippen LogP contribution in [-0.2, 0) is 0 Å². The maximum Gasteiger partial charge on any atom is 0.231 e. The van der Waals surface area contributed by atoms with Crippen molar-refractivity contribution in [3.05, 3.63) is 35.2 Å². The quantitative estimate of drug-likeness (QED) is 0.905. The zero-order valence-electron chi connectivity index (χ0n) is 10.1. The van der Waals surface area contributed by atoms with Gasteiger partial charge in [0.25, 0.3) is 0 Å². The van der Waals surface area contributed by atoms with E-state index in [9.17, 15) is 0 Å². The summed E-state index contributed by atoms with van der Waals surface area (Å²) in [5.41, 5.74) is 0.813. The molecule has 3 rings (SSSR count). The third-order valence-corrected chi connectivity index (χ3v) is 3.73. The number of hydrogen-bond donors (Lipinski definition) is 1. The molecule has 2 atom stereocenters. The Kier molecular flexibility index (Phi) is 3.06. The van der Waals surface area contributed by atoms with Crippen LogP contribution in [0.15, 0.2) is 28.8 Å². The van der Waals surface area contributed by atoms with E-state index in [-0.39, 0.29) is 0 Å². The monoisotopic (exact) mass is 263 g/mol. The van der Waals surface area contributed by atoms with Gasteiger partial charge in [0, 0.05) is 11.6 Å². The summed E-state index contributed by atoms with van der Waals surface area (Å²) in [6, 6.07) is 7.90. The second kappa shape index (κ2) is 4.71. The highest BCUT2D eigenvalue weighted by atomic mass is 35.5.